The van der Waals surface area contributed by atoms with Crippen molar-refractivity contribution in [2.75, 3.05) is 18.2 Å². The lowest BCUT2D eigenvalue weighted by Gasteiger charge is -2.18. The molecule has 0 spiro atoms. The lowest BCUT2D eigenvalue weighted by molar-refractivity contribution is 0.216. The van der Waals surface area contributed by atoms with E-state index in [1.54, 1.807) is 13.8 Å². The van der Waals surface area contributed by atoms with Gasteiger partial charge in [-0.3, -0.25) is 0 Å². The van der Waals surface area contributed by atoms with Crippen LogP contribution in [0.2, 0.25) is 0 Å². The number of hydrogen-bond acceptors (Lipinski definition) is 3. The van der Waals surface area contributed by atoms with Crippen molar-refractivity contribution in [2.24, 2.45) is 5.92 Å². The summed E-state index contributed by atoms with van der Waals surface area (Å²) in [5.41, 5.74) is 0. The van der Waals surface area contributed by atoms with Crippen LogP contribution in [0.15, 0.2) is 0 Å². The van der Waals surface area contributed by atoms with Gasteiger partial charge in [-0.25, -0.2) is 13.1 Å². The van der Waals surface area contributed by atoms with Crippen molar-refractivity contribution in [1.29, 1.82) is 0 Å². The molecule has 0 aliphatic rings. The second kappa shape index (κ2) is 6.61. The number of alkyl halides is 1. The van der Waals surface area contributed by atoms with E-state index in [1.807, 2.05) is 0 Å². The number of halogens is 1. The number of hydrogen-bond donors (Lipinski definition) is 2. The van der Waals surface area contributed by atoms with Crippen LogP contribution in [0.5, 0.6) is 0 Å². The standard InChI is InChI=1S/C8H18ClNO3S/c1-7(6-11)8(2)10-14(12,13)5-3-4-9/h7-8,10-11H,3-6H2,1-2H3. The molecule has 0 saturated heterocycles. The second-order valence-corrected chi connectivity index (χ2v) is 5.68. The molecule has 0 amide bonds. The van der Waals surface area contributed by atoms with Gasteiger partial charge in [-0.2, -0.15) is 0 Å². The first-order chi connectivity index (χ1) is 6.43. The minimum Gasteiger partial charge on any atom is -0.396 e. The molecule has 0 aromatic carbocycles. The minimum absolute atomic E-state index is 0.0286. The summed E-state index contributed by atoms with van der Waals surface area (Å²) >= 11 is 5.40. The summed E-state index contributed by atoms with van der Waals surface area (Å²) in [7, 11) is -3.24. The van der Waals surface area contributed by atoms with E-state index >= 15 is 0 Å². The quantitative estimate of drug-likeness (QED) is 0.642. The van der Waals surface area contributed by atoms with Crippen molar-refractivity contribution in [3.63, 3.8) is 0 Å². The van der Waals surface area contributed by atoms with Gasteiger partial charge in [0.05, 0.1) is 5.75 Å². The molecule has 0 rings (SSSR count). The molecule has 0 aromatic rings. The molecule has 0 aromatic heterocycles. The second-order valence-electron chi connectivity index (χ2n) is 3.43. The number of nitrogens with one attached hydrogen (secondary N) is 1. The number of aliphatic hydroxyl groups excluding tert-OH is 1. The zero-order chi connectivity index (χ0) is 11.2. The maximum atomic E-state index is 11.4. The first-order valence-corrected chi connectivity index (χ1v) is 6.78. The summed E-state index contributed by atoms with van der Waals surface area (Å²) in [5, 5.41) is 8.82. The molecule has 14 heavy (non-hydrogen) atoms. The third kappa shape index (κ3) is 5.80. The predicted molar refractivity (Wildman–Crippen MR) is 58.0 cm³/mol. The third-order valence-corrected chi connectivity index (χ3v) is 3.88. The lowest BCUT2D eigenvalue weighted by atomic mass is 10.1. The Balaban J connectivity index is 4.08. The fourth-order valence-electron chi connectivity index (χ4n) is 0.861. The van der Waals surface area contributed by atoms with E-state index in [-0.39, 0.29) is 24.3 Å². The van der Waals surface area contributed by atoms with Crippen LogP contribution in [0.4, 0.5) is 0 Å². The number of aliphatic hydroxyl groups is 1. The number of rotatable bonds is 7. The van der Waals surface area contributed by atoms with Gasteiger partial charge in [0.25, 0.3) is 0 Å². The van der Waals surface area contributed by atoms with Crippen molar-refractivity contribution in [1.82, 2.24) is 4.72 Å². The Hall–Kier alpha value is 0.160. The van der Waals surface area contributed by atoms with E-state index < -0.39 is 10.0 Å². The predicted octanol–water partition coefficient (Wildman–Crippen LogP) is 0.552. The van der Waals surface area contributed by atoms with Gasteiger partial charge in [0.2, 0.25) is 10.0 Å². The first-order valence-electron chi connectivity index (χ1n) is 4.59. The highest BCUT2D eigenvalue weighted by molar-refractivity contribution is 7.89. The van der Waals surface area contributed by atoms with E-state index in [9.17, 15) is 8.42 Å². The SMILES string of the molecule is CC(CO)C(C)NS(=O)(=O)CCCCl. The first kappa shape index (κ1) is 14.2. The Morgan fingerprint density at radius 1 is 1.43 bits per heavy atom. The van der Waals surface area contributed by atoms with Crippen molar-refractivity contribution >= 4 is 21.6 Å². The van der Waals surface area contributed by atoms with Crippen LogP contribution in [0, 0.1) is 5.92 Å². The molecule has 0 bridgehead atoms. The fourth-order valence-corrected chi connectivity index (χ4v) is 2.59. The zero-order valence-electron chi connectivity index (χ0n) is 8.53. The summed E-state index contributed by atoms with van der Waals surface area (Å²) in [6.07, 6.45) is 0.442. The van der Waals surface area contributed by atoms with Gasteiger partial charge in [-0.15, -0.1) is 11.6 Å². The molecule has 2 atom stereocenters. The van der Waals surface area contributed by atoms with Gasteiger partial charge in [0.15, 0.2) is 0 Å². The molecule has 0 radical (unpaired) electrons. The van der Waals surface area contributed by atoms with Gasteiger partial charge in [0.1, 0.15) is 0 Å². The molecule has 86 valence electrons. The Labute approximate surface area is 90.7 Å². The Morgan fingerprint density at radius 2 is 2.00 bits per heavy atom. The highest BCUT2D eigenvalue weighted by Crippen LogP contribution is 2.03. The fraction of sp³-hybridized carbons (Fsp3) is 1.00. The molecule has 0 saturated carbocycles. The Morgan fingerprint density at radius 3 is 2.43 bits per heavy atom. The average Bonchev–Trinajstić information content (AvgIpc) is 2.12. The molecular weight excluding hydrogens is 226 g/mol. The van der Waals surface area contributed by atoms with E-state index in [1.165, 1.54) is 0 Å². The zero-order valence-corrected chi connectivity index (χ0v) is 10.1. The van der Waals surface area contributed by atoms with E-state index in [0.29, 0.717) is 12.3 Å². The van der Waals surface area contributed by atoms with Gasteiger partial charge in [-0.1, -0.05) is 6.92 Å². The summed E-state index contributed by atoms with van der Waals surface area (Å²) in [5.74, 6) is 0.296. The van der Waals surface area contributed by atoms with Crippen LogP contribution in [-0.4, -0.2) is 37.8 Å². The summed E-state index contributed by atoms with van der Waals surface area (Å²) < 4.78 is 25.2. The highest BCUT2D eigenvalue weighted by atomic mass is 35.5. The van der Waals surface area contributed by atoms with Crippen LogP contribution in [-0.2, 0) is 10.0 Å². The van der Waals surface area contributed by atoms with Crippen LogP contribution in [0.3, 0.4) is 0 Å². The van der Waals surface area contributed by atoms with Gasteiger partial charge < -0.3 is 5.11 Å². The third-order valence-electron chi connectivity index (χ3n) is 2.05. The van der Waals surface area contributed by atoms with Crippen molar-refractivity contribution in [2.45, 2.75) is 26.3 Å². The maximum Gasteiger partial charge on any atom is 0.211 e. The molecule has 0 heterocycles. The molecule has 6 heteroatoms. The molecule has 2 unspecified atom stereocenters. The topological polar surface area (TPSA) is 66.4 Å². The normalized spacial score (nSPS) is 16.6. The monoisotopic (exact) mass is 243 g/mol. The molecule has 4 nitrogen and oxygen atoms in total. The lowest BCUT2D eigenvalue weighted by Crippen LogP contribution is -2.39. The van der Waals surface area contributed by atoms with Crippen LogP contribution in [0.25, 0.3) is 0 Å². The molecule has 2 N–H and O–H groups in total. The summed E-state index contributed by atoms with van der Waals surface area (Å²) in [6.45, 7) is 3.49. The Bertz CT molecular complexity index is 243. The molecular formula is C8H18ClNO3S. The smallest absolute Gasteiger partial charge is 0.211 e. The Kier molecular flexibility index (Phi) is 6.68. The van der Waals surface area contributed by atoms with Crippen LogP contribution in [0.1, 0.15) is 20.3 Å². The minimum atomic E-state index is -3.24. The summed E-state index contributed by atoms with van der Waals surface area (Å²) in [4.78, 5) is 0. The van der Waals surface area contributed by atoms with Crippen molar-refractivity contribution < 1.29 is 13.5 Å². The highest BCUT2D eigenvalue weighted by Gasteiger charge is 2.18. The molecule has 0 aliphatic carbocycles. The van der Waals surface area contributed by atoms with Crippen LogP contribution >= 0.6 is 11.6 Å². The van der Waals surface area contributed by atoms with Crippen LogP contribution < -0.4 is 4.72 Å². The molecule has 0 fully saturated rings. The van der Waals surface area contributed by atoms with E-state index in [4.69, 9.17) is 16.7 Å². The molecule has 0 aliphatic heterocycles. The maximum absolute atomic E-state index is 11.4. The van der Waals surface area contributed by atoms with E-state index in [0.717, 1.165) is 0 Å². The van der Waals surface area contributed by atoms with Gasteiger partial charge in [0, 0.05) is 18.5 Å². The van der Waals surface area contributed by atoms with Crippen molar-refractivity contribution in [3.05, 3.63) is 0 Å². The van der Waals surface area contributed by atoms with Gasteiger partial charge >= 0.3 is 0 Å². The summed E-state index contributed by atoms with van der Waals surface area (Å²) in [6, 6.07) is -0.250. The van der Waals surface area contributed by atoms with Gasteiger partial charge in [-0.05, 0) is 19.3 Å². The largest absolute Gasteiger partial charge is 0.396 e. The van der Waals surface area contributed by atoms with Crippen molar-refractivity contribution in [3.8, 4) is 0 Å². The average molecular weight is 244 g/mol. The number of sulfonamides is 1. The van der Waals surface area contributed by atoms with E-state index in [2.05, 4.69) is 4.72 Å².